The number of carbonyl (C=O) groups excluding carboxylic acids is 1. The summed E-state index contributed by atoms with van der Waals surface area (Å²) in [5.41, 5.74) is 0.0757. The molecule has 1 heterocycles. The smallest absolute Gasteiger partial charge is 0.291 e. The minimum atomic E-state index is -0.423. The quantitative estimate of drug-likeness (QED) is 0.848. The highest BCUT2D eigenvalue weighted by Gasteiger charge is 2.42. The first-order valence-corrected chi connectivity index (χ1v) is 8.07. The van der Waals surface area contributed by atoms with Gasteiger partial charge in [0.15, 0.2) is 0 Å². The van der Waals surface area contributed by atoms with Crippen molar-refractivity contribution >= 4 is 5.91 Å². The summed E-state index contributed by atoms with van der Waals surface area (Å²) < 4.78 is 15.5. The third-order valence-corrected chi connectivity index (χ3v) is 4.35. The van der Waals surface area contributed by atoms with Gasteiger partial charge in [0.05, 0.1) is 6.61 Å². The van der Waals surface area contributed by atoms with Crippen molar-refractivity contribution in [3.8, 4) is 5.69 Å². The number of hydrogen-bond acceptors (Lipinski definition) is 4. The number of para-hydroxylation sites is 1. The van der Waals surface area contributed by atoms with Gasteiger partial charge in [-0.25, -0.2) is 14.1 Å². The van der Waals surface area contributed by atoms with Gasteiger partial charge in [-0.05, 0) is 25.0 Å². The van der Waals surface area contributed by atoms with Crippen LogP contribution >= 0.6 is 0 Å². The molecule has 0 radical (unpaired) electrons. The molecule has 128 valence electrons. The zero-order valence-electron chi connectivity index (χ0n) is 13.8. The van der Waals surface area contributed by atoms with Gasteiger partial charge >= 0.3 is 0 Å². The number of amides is 1. The monoisotopic (exact) mass is 332 g/mol. The van der Waals surface area contributed by atoms with Gasteiger partial charge in [0.25, 0.3) is 5.91 Å². The normalized spacial score (nSPS) is 15.5. The molecule has 24 heavy (non-hydrogen) atoms. The maximum atomic E-state index is 14.1. The van der Waals surface area contributed by atoms with Crippen molar-refractivity contribution in [3.63, 3.8) is 0 Å². The van der Waals surface area contributed by atoms with Crippen molar-refractivity contribution in [1.29, 1.82) is 0 Å². The van der Waals surface area contributed by atoms with Gasteiger partial charge in [0.1, 0.15) is 17.3 Å². The Morgan fingerprint density at radius 1 is 1.42 bits per heavy atom. The number of aliphatic hydroxyl groups excluding tert-OH is 1. The number of hydrogen-bond donors (Lipinski definition) is 2. The van der Waals surface area contributed by atoms with Gasteiger partial charge in [-0.1, -0.05) is 26.0 Å². The molecule has 1 fully saturated rings. The predicted molar refractivity (Wildman–Crippen MR) is 86.5 cm³/mol. The fraction of sp³-hybridized carbons (Fsp3) is 0.471. The summed E-state index contributed by atoms with van der Waals surface area (Å²) in [4.78, 5) is 16.6. The molecule has 7 heteroatoms. The van der Waals surface area contributed by atoms with Crippen molar-refractivity contribution < 1.29 is 14.3 Å². The van der Waals surface area contributed by atoms with E-state index in [1.807, 2.05) is 13.8 Å². The lowest BCUT2D eigenvalue weighted by molar-refractivity contribution is 0.0925. The summed E-state index contributed by atoms with van der Waals surface area (Å²) in [5, 5.41) is 16.3. The summed E-state index contributed by atoms with van der Waals surface area (Å²) in [6.45, 7) is 4.27. The Hall–Kier alpha value is -2.28. The molecule has 1 saturated carbocycles. The molecule has 1 aliphatic rings. The Kier molecular flexibility index (Phi) is 4.36. The zero-order chi connectivity index (χ0) is 17.3. The van der Waals surface area contributed by atoms with Gasteiger partial charge in [-0.3, -0.25) is 4.79 Å². The molecule has 0 unspecified atom stereocenters. The molecule has 1 aromatic heterocycles. The molecule has 0 saturated heterocycles. The van der Waals surface area contributed by atoms with E-state index in [0.717, 1.165) is 12.8 Å². The molecule has 3 rings (SSSR count). The minimum Gasteiger partial charge on any atom is -0.396 e. The Balaban J connectivity index is 1.86. The SMILES string of the molecule is CC(C)c1nc(C(=O)NCC2(CO)CC2)nn1-c1ccccc1F. The fourth-order valence-electron chi connectivity index (χ4n) is 2.51. The fourth-order valence-corrected chi connectivity index (χ4v) is 2.51. The number of benzene rings is 1. The van der Waals surface area contributed by atoms with Gasteiger partial charge < -0.3 is 10.4 Å². The molecule has 1 amide bonds. The predicted octanol–water partition coefficient (Wildman–Crippen LogP) is 2.03. The van der Waals surface area contributed by atoms with Crippen molar-refractivity contribution in [2.75, 3.05) is 13.2 Å². The Bertz CT molecular complexity index is 753. The van der Waals surface area contributed by atoms with Crippen LogP contribution in [0.15, 0.2) is 24.3 Å². The summed E-state index contributed by atoms with van der Waals surface area (Å²) in [6.07, 6.45) is 1.80. The number of aromatic nitrogens is 3. The maximum absolute atomic E-state index is 14.1. The summed E-state index contributed by atoms with van der Waals surface area (Å²) >= 11 is 0. The van der Waals surface area contributed by atoms with Gasteiger partial charge in [-0.2, -0.15) is 0 Å². The molecule has 2 aromatic rings. The number of nitrogens with zero attached hydrogens (tertiary/aromatic N) is 3. The average molecular weight is 332 g/mol. The van der Waals surface area contributed by atoms with Crippen molar-refractivity contribution in [3.05, 3.63) is 41.7 Å². The van der Waals surface area contributed by atoms with E-state index in [1.165, 1.54) is 10.7 Å². The highest BCUT2D eigenvalue weighted by atomic mass is 19.1. The summed E-state index contributed by atoms with van der Waals surface area (Å²) in [7, 11) is 0. The second kappa shape index (κ2) is 6.32. The van der Waals surface area contributed by atoms with Crippen LogP contribution in [-0.4, -0.2) is 38.9 Å². The third-order valence-electron chi connectivity index (χ3n) is 4.35. The van der Waals surface area contributed by atoms with Crippen LogP contribution in [0.1, 0.15) is 49.1 Å². The van der Waals surface area contributed by atoms with Crippen LogP contribution < -0.4 is 5.32 Å². The molecular weight excluding hydrogens is 311 g/mol. The van der Waals surface area contributed by atoms with E-state index in [4.69, 9.17) is 0 Å². The highest BCUT2D eigenvalue weighted by molar-refractivity contribution is 5.90. The summed E-state index contributed by atoms with van der Waals surface area (Å²) in [5.74, 6) is -0.324. The molecule has 1 aromatic carbocycles. The van der Waals surface area contributed by atoms with Crippen molar-refractivity contribution in [2.24, 2.45) is 5.41 Å². The Morgan fingerprint density at radius 2 is 2.12 bits per heavy atom. The van der Waals surface area contributed by atoms with Crippen LogP contribution in [0.3, 0.4) is 0 Å². The molecular formula is C17H21FN4O2. The van der Waals surface area contributed by atoms with Crippen molar-refractivity contribution in [1.82, 2.24) is 20.1 Å². The van der Waals surface area contributed by atoms with E-state index >= 15 is 0 Å². The first-order chi connectivity index (χ1) is 11.5. The molecule has 0 spiro atoms. The Labute approximate surface area is 139 Å². The lowest BCUT2D eigenvalue weighted by atomic mass is 10.1. The standard InChI is InChI=1S/C17H21FN4O2/c1-11(2)15-20-14(16(24)19-9-17(10-23)7-8-17)21-22(15)13-6-4-3-5-12(13)18/h3-6,11,23H,7-10H2,1-2H3,(H,19,24). The van der Waals surface area contributed by atoms with E-state index in [-0.39, 0.29) is 29.5 Å². The van der Waals surface area contributed by atoms with Crippen LogP contribution in [0.4, 0.5) is 4.39 Å². The molecule has 1 aliphatic carbocycles. The lowest BCUT2D eigenvalue weighted by Crippen LogP contribution is -2.32. The maximum Gasteiger partial charge on any atom is 0.291 e. The number of rotatable bonds is 6. The zero-order valence-corrected chi connectivity index (χ0v) is 13.8. The average Bonchev–Trinajstić information content (AvgIpc) is 3.22. The van der Waals surface area contributed by atoms with E-state index in [0.29, 0.717) is 12.4 Å². The van der Waals surface area contributed by atoms with E-state index in [1.54, 1.807) is 18.2 Å². The third kappa shape index (κ3) is 3.17. The van der Waals surface area contributed by atoms with Crippen LogP contribution in [0, 0.1) is 11.2 Å². The first kappa shape index (κ1) is 16.6. The van der Waals surface area contributed by atoms with Gasteiger partial charge in [0.2, 0.25) is 5.82 Å². The van der Waals surface area contributed by atoms with Crippen LogP contribution in [0.5, 0.6) is 0 Å². The first-order valence-electron chi connectivity index (χ1n) is 8.07. The van der Waals surface area contributed by atoms with Gasteiger partial charge in [0, 0.05) is 17.9 Å². The molecule has 6 nitrogen and oxygen atoms in total. The molecule has 0 aliphatic heterocycles. The molecule has 2 N–H and O–H groups in total. The number of nitrogens with one attached hydrogen (secondary N) is 1. The van der Waals surface area contributed by atoms with Crippen LogP contribution in [-0.2, 0) is 0 Å². The van der Waals surface area contributed by atoms with Crippen LogP contribution in [0.2, 0.25) is 0 Å². The lowest BCUT2D eigenvalue weighted by Gasteiger charge is -2.11. The molecule has 0 atom stereocenters. The molecule has 0 bridgehead atoms. The largest absolute Gasteiger partial charge is 0.396 e. The highest BCUT2D eigenvalue weighted by Crippen LogP contribution is 2.44. The van der Waals surface area contributed by atoms with Crippen molar-refractivity contribution in [2.45, 2.75) is 32.6 Å². The summed E-state index contributed by atoms with van der Waals surface area (Å²) in [6, 6.07) is 6.26. The second-order valence-electron chi connectivity index (χ2n) is 6.65. The van der Waals surface area contributed by atoms with E-state index < -0.39 is 11.7 Å². The number of halogens is 1. The van der Waals surface area contributed by atoms with Crippen LogP contribution in [0.25, 0.3) is 5.69 Å². The Morgan fingerprint density at radius 3 is 2.71 bits per heavy atom. The van der Waals surface area contributed by atoms with Gasteiger partial charge in [-0.15, -0.1) is 5.10 Å². The van der Waals surface area contributed by atoms with E-state index in [2.05, 4.69) is 15.4 Å². The van der Waals surface area contributed by atoms with E-state index in [9.17, 15) is 14.3 Å². The second-order valence-corrected chi connectivity index (χ2v) is 6.65. The topological polar surface area (TPSA) is 80.0 Å². The number of carbonyl (C=O) groups is 1. The minimum absolute atomic E-state index is 0.00990. The number of aliphatic hydroxyl groups is 1.